The molecule has 0 radical (unpaired) electrons. The van der Waals surface area contributed by atoms with Gasteiger partial charge in [-0.15, -0.1) is 0 Å². The zero-order chi connectivity index (χ0) is 12.1. The van der Waals surface area contributed by atoms with Crippen LogP contribution in [-0.2, 0) is 4.79 Å². The summed E-state index contributed by atoms with van der Waals surface area (Å²) in [7, 11) is 0. The van der Waals surface area contributed by atoms with Gasteiger partial charge in [0.05, 0.1) is 6.54 Å². The Morgan fingerprint density at radius 2 is 2.12 bits per heavy atom. The van der Waals surface area contributed by atoms with E-state index in [9.17, 15) is 4.79 Å². The molecule has 1 amide bonds. The number of carbonyl (C=O) groups is 1. The second-order valence-electron chi connectivity index (χ2n) is 4.04. The fourth-order valence-corrected chi connectivity index (χ4v) is 1.91. The summed E-state index contributed by atoms with van der Waals surface area (Å²) in [6.45, 7) is 6.38. The molecule has 0 bridgehead atoms. The summed E-state index contributed by atoms with van der Waals surface area (Å²) in [4.78, 5) is 11.6. The molecule has 2 N–H and O–H groups in total. The standard InChI is InChI=1S/C12H17IN2O/c1-8(2)14-7-12(16)15-11-5-4-10(13)6-9(11)3/h4-6,8,14H,7H2,1-3H3,(H,15,16). The normalized spacial score (nSPS) is 10.6. The smallest absolute Gasteiger partial charge is 0.238 e. The zero-order valence-corrected chi connectivity index (χ0v) is 12.0. The van der Waals surface area contributed by atoms with Crippen LogP contribution in [0.3, 0.4) is 0 Å². The molecule has 0 aromatic heterocycles. The Balaban J connectivity index is 2.56. The molecule has 0 fully saturated rings. The van der Waals surface area contributed by atoms with Crippen LogP contribution >= 0.6 is 22.6 Å². The highest BCUT2D eigenvalue weighted by Gasteiger charge is 2.05. The summed E-state index contributed by atoms with van der Waals surface area (Å²) in [6, 6.07) is 6.29. The van der Waals surface area contributed by atoms with E-state index < -0.39 is 0 Å². The van der Waals surface area contributed by atoms with Crippen molar-refractivity contribution in [3.05, 3.63) is 27.3 Å². The number of halogens is 1. The molecule has 1 aromatic carbocycles. The summed E-state index contributed by atoms with van der Waals surface area (Å²) in [6.07, 6.45) is 0. The minimum absolute atomic E-state index is 0.00184. The van der Waals surface area contributed by atoms with E-state index in [4.69, 9.17) is 0 Å². The third kappa shape index (κ3) is 4.49. The number of anilines is 1. The second-order valence-corrected chi connectivity index (χ2v) is 5.29. The topological polar surface area (TPSA) is 41.1 Å². The van der Waals surface area contributed by atoms with Gasteiger partial charge in [0.25, 0.3) is 0 Å². The Hall–Kier alpha value is -0.620. The van der Waals surface area contributed by atoms with Crippen molar-refractivity contribution in [3.63, 3.8) is 0 Å². The number of rotatable bonds is 4. The average Bonchev–Trinajstić information content (AvgIpc) is 2.19. The van der Waals surface area contributed by atoms with E-state index in [1.165, 1.54) is 3.57 Å². The quantitative estimate of drug-likeness (QED) is 0.832. The Morgan fingerprint density at radius 1 is 1.44 bits per heavy atom. The molecule has 0 unspecified atom stereocenters. The number of hydrogen-bond donors (Lipinski definition) is 2. The van der Waals surface area contributed by atoms with E-state index in [0.717, 1.165) is 11.3 Å². The first-order valence-electron chi connectivity index (χ1n) is 5.28. The van der Waals surface area contributed by atoms with Crippen LogP contribution in [0.5, 0.6) is 0 Å². The monoisotopic (exact) mass is 332 g/mol. The second kappa shape index (κ2) is 6.20. The largest absolute Gasteiger partial charge is 0.325 e. The minimum Gasteiger partial charge on any atom is -0.325 e. The Morgan fingerprint density at radius 3 is 2.69 bits per heavy atom. The predicted molar refractivity (Wildman–Crippen MR) is 75.7 cm³/mol. The maximum Gasteiger partial charge on any atom is 0.238 e. The van der Waals surface area contributed by atoms with Crippen LogP contribution in [0, 0.1) is 10.5 Å². The summed E-state index contributed by atoms with van der Waals surface area (Å²) in [5.74, 6) is -0.00184. The lowest BCUT2D eigenvalue weighted by atomic mass is 10.2. The molecule has 0 heterocycles. The molecule has 0 aliphatic rings. The van der Waals surface area contributed by atoms with Crippen LogP contribution in [0.2, 0.25) is 0 Å². The number of hydrogen-bond acceptors (Lipinski definition) is 2. The number of amides is 1. The molecule has 0 spiro atoms. The van der Waals surface area contributed by atoms with Gasteiger partial charge in [-0.05, 0) is 53.3 Å². The van der Waals surface area contributed by atoms with Crippen molar-refractivity contribution >= 4 is 34.2 Å². The van der Waals surface area contributed by atoms with Crippen molar-refractivity contribution < 1.29 is 4.79 Å². The van der Waals surface area contributed by atoms with Crippen molar-refractivity contribution in [2.75, 3.05) is 11.9 Å². The number of carbonyl (C=O) groups excluding carboxylic acids is 1. The maximum atomic E-state index is 11.6. The van der Waals surface area contributed by atoms with E-state index >= 15 is 0 Å². The average molecular weight is 332 g/mol. The van der Waals surface area contributed by atoms with Crippen molar-refractivity contribution in [1.82, 2.24) is 5.32 Å². The molecule has 1 aromatic rings. The zero-order valence-electron chi connectivity index (χ0n) is 9.80. The first-order chi connectivity index (χ1) is 7.49. The van der Waals surface area contributed by atoms with Gasteiger partial charge in [-0.1, -0.05) is 13.8 Å². The summed E-state index contributed by atoms with van der Waals surface area (Å²) in [5.41, 5.74) is 1.97. The van der Waals surface area contributed by atoms with Gasteiger partial charge in [-0.25, -0.2) is 0 Å². The Labute approximate surface area is 110 Å². The summed E-state index contributed by atoms with van der Waals surface area (Å²) < 4.78 is 1.17. The Bertz CT molecular complexity index is 377. The number of nitrogens with one attached hydrogen (secondary N) is 2. The van der Waals surface area contributed by atoms with Gasteiger partial charge >= 0.3 is 0 Å². The van der Waals surface area contributed by atoms with Gasteiger partial charge in [-0.2, -0.15) is 0 Å². The fraction of sp³-hybridized carbons (Fsp3) is 0.417. The molecule has 0 saturated heterocycles. The van der Waals surface area contributed by atoms with Gasteiger partial charge < -0.3 is 10.6 Å². The lowest BCUT2D eigenvalue weighted by Crippen LogP contribution is -2.32. The van der Waals surface area contributed by atoms with E-state index in [-0.39, 0.29) is 5.91 Å². The summed E-state index contributed by atoms with van der Waals surface area (Å²) in [5, 5.41) is 5.97. The summed E-state index contributed by atoms with van der Waals surface area (Å²) >= 11 is 2.26. The van der Waals surface area contributed by atoms with Gasteiger partial charge in [0.1, 0.15) is 0 Å². The van der Waals surface area contributed by atoms with Crippen LogP contribution in [0.15, 0.2) is 18.2 Å². The molecular formula is C12H17IN2O. The molecule has 1 rings (SSSR count). The predicted octanol–water partition coefficient (Wildman–Crippen LogP) is 2.54. The molecule has 0 aliphatic carbocycles. The van der Waals surface area contributed by atoms with Crippen LogP contribution in [0.25, 0.3) is 0 Å². The third-order valence-electron chi connectivity index (χ3n) is 2.13. The van der Waals surface area contributed by atoms with Crippen LogP contribution in [0.1, 0.15) is 19.4 Å². The molecule has 16 heavy (non-hydrogen) atoms. The van der Waals surface area contributed by atoms with Crippen LogP contribution in [-0.4, -0.2) is 18.5 Å². The lowest BCUT2D eigenvalue weighted by Gasteiger charge is -2.10. The van der Waals surface area contributed by atoms with Gasteiger partial charge in [-0.3, -0.25) is 4.79 Å². The Kier molecular flexibility index (Phi) is 5.21. The molecule has 0 saturated carbocycles. The first kappa shape index (κ1) is 13.4. The fourth-order valence-electron chi connectivity index (χ4n) is 1.26. The highest BCUT2D eigenvalue weighted by atomic mass is 127. The molecule has 3 nitrogen and oxygen atoms in total. The number of aryl methyl sites for hydroxylation is 1. The molecule has 0 atom stereocenters. The maximum absolute atomic E-state index is 11.6. The van der Waals surface area contributed by atoms with Gasteiger partial charge in [0.15, 0.2) is 0 Å². The van der Waals surface area contributed by atoms with Gasteiger partial charge in [0.2, 0.25) is 5.91 Å². The third-order valence-corrected chi connectivity index (χ3v) is 2.80. The van der Waals surface area contributed by atoms with Gasteiger partial charge in [0, 0.05) is 15.3 Å². The molecular weight excluding hydrogens is 315 g/mol. The highest BCUT2D eigenvalue weighted by molar-refractivity contribution is 14.1. The minimum atomic E-state index is -0.00184. The lowest BCUT2D eigenvalue weighted by molar-refractivity contribution is -0.115. The molecule has 4 heteroatoms. The highest BCUT2D eigenvalue weighted by Crippen LogP contribution is 2.17. The first-order valence-corrected chi connectivity index (χ1v) is 6.36. The molecule has 0 aliphatic heterocycles. The van der Waals surface area contributed by atoms with Crippen molar-refractivity contribution in [1.29, 1.82) is 0 Å². The van der Waals surface area contributed by atoms with E-state index in [1.807, 2.05) is 39.0 Å². The number of benzene rings is 1. The molecule has 88 valence electrons. The van der Waals surface area contributed by atoms with Crippen LogP contribution < -0.4 is 10.6 Å². The van der Waals surface area contributed by atoms with Crippen molar-refractivity contribution in [2.45, 2.75) is 26.8 Å². The van der Waals surface area contributed by atoms with Crippen molar-refractivity contribution in [3.8, 4) is 0 Å². The van der Waals surface area contributed by atoms with Crippen molar-refractivity contribution in [2.24, 2.45) is 0 Å². The van der Waals surface area contributed by atoms with Crippen LogP contribution in [0.4, 0.5) is 5.69 Å². The van der Waals surface area contributed by atoms with E-state index in [1.54, 1.807) is 0 Å². The SMILES string of the molecule is Cc1cc(I)ccc1NC(=O)CNC(C)C. The van der Waals surface area contributed by atoms with E-state index in [2.05, 4.69) is 33.2 Å². The van der Waals surface area contributed by atoms with E-state index in [0.29, 0.717) is 12.6 Å².